The van der Waals surface area contributed by atoms with Crippen LogP contribution in [0.15, 0.2) is 34.9 Å². The zero-order valence-corrected chi connectivity index (χ0v) is 12.5. The summed E-state index contributed by atoms with van der Waals surface area (Å²) in [6, 6.07) is 9.97. The van der Waals surface area contributed by atoms with Crippen molar-refractivity contribution in [3.05, 3.63) is 46.2 Å². The standard InChI is InChI=1S/C15H15BrN2O/c1-15(2)8-17-14(19)11-10(13(16)18-12(11)15)9-6-4-3-5-7-9/h3-7,18H,8H2,1-2H3,(H,17,19). The molecular formula is C15H15BrN2O. The number of H-pyrrole nitrogens is 1. The molecular weight excluding hydrogens is 304 g/mol. The summed E-state index contributed by atoms with van der Waals surface area (Å²) < 4.78 is 0.869. The van der Waals surface area contributed by atoms with Crippen LogP contribution in [0, 0.1) is 0 Å². The van der Waals surface area contributed by atoms with Gasteiger partial charge in [0, 0.05) is 23.2 Å². The average molecular weight is 319 g/mol. The minimum atomic E-state index is -0.0845. The fourth-order valence-corrected chi connectivity index (χ4v) is 3.18. The van der Waals surface area contributed by atoms with Crippen molar-refractivity contribution in [3.63, 3.8) is 0 Å². The van der Waals surface area contributed by atoms with E-state index >= 15 is 0 Å². The first-order valence-electron chi connectivity index (χ1n) is 6.26. The lowest BCUT2D eigenvalue weighted by atomic mass is 9.82. The van der Waals surface area contributed by atoms with Crippen molar-refractivity contribution in [2.24, 2.45) is 0 Å². The molecule has 1 aliphatic rings. The summed E-state index contributed by atoms with van der Waals surface area (Å²) in [5, 5.41) is 2.97. The third-order valence-corrected chi connectivity index (χ3v) is 4.21. The molecule has 0 bridgehead atoms. The molecule has 0 spiro atoms. The Morgan fingerprint density at radius 3 is 2.53 bits per heavy atom. The van der Waals surface area contributed by atoms with E-state index in [4.69, 9.17) is 0 Å². The number of hydrogen-bond donors (Lipinski definition) is 2. The highest BCUT2D eigenvalue weighted by Gasteiger charge is 2.36. The number of aromatic amines is 1. The molecule has 19 heavy (non-hydrogen) atoms. The van der Waals surface area contributed by atoms with Crippen molar-refractivity contribution < 1.29 is 4.79 Å². The molecule has 0 atom stereocenters. The van der Waals surface area contributed by atoms with Crippen molar-refractivity contribution in [1.82, 2.24) is 10.3 Å². The van der Waals surface area contributed by atoms with E-state index in [2.05, 4.69) is 40.1 Å². The largest absolute Gasteiger partial charge is 0.351 e. The maximum absolute atomic E-state index is 12.2. The molecule has 0 fully saturated rings. The number of fused-ring (bicyclic) bond motifs is 1. The van der Waals surface area contributed by atoms with Crippen LogP contribution >= 0.6 is 15.9 Å². The molecule has 1 aromatic heterocycles. The van der Waals surface area contributed by atoms with Crippen molar-refractivity contribution in [3.8, 4) is 11.1 Å². The number of rotatable bonds is 1. The molecule has 2 heterocycles. The molecule has 0 saturated carbocycles. The van der Waals surface area contributed by atoms with E-state index in [0.29, 0.717) is 6.54 Å². The molecule has 0 aliphatic carbocycles. The highest BCUT2D eigenvalue weighted by molar-refractivity contribution is 9.10. The van der Waals surface area contributed by atoms with Gasteiger partial charge in [-0.25, -0.2) is 0 Å². The first kappa shape index (κ1) is 12.5. The maximum Gasteiger partial charge on any atom is 0.253 e. The van der Waals surface area contributed by atoms with Crippen molar-refractivity contribution in [1.29, 1.82) is 0 Å². The zero-order valence-electron chi connectivity index (χ0n) is 10.9. The van der Waals surface area contributed by atoms with E-state index in [0.717, 1.165) is 27.0 Å². The van der Waals surface area contributed by atoms with E-state index in [1.54, 1.807) is 0 Å². The number of nitrogens with one attached hydrogen (secondary N) is 2. The molecule has 0 radical (unpaired) electrons. The summed E-state index contributed by atoms with van der Waals surface area (Å²) in [6.45, 7) is 4.91. The van der Waals surface area contributed by atoms with E-state index in [-0.39, 0.29) is 11.3 Å². The fourth-order valence-electron chi connectivity index (χ4n) is 2.56. The number of amides is 1. The van der Waals surface area contributed by atoms with E-state index < -0.39 is 0 Å². The molecule has 1 amide bonds. The van der Waals surface area contributed by atoms with Gasteiger partial charge in [0.25, 0.3) is 5.91 Å². The van der Waals surface area contributed by atoms with E-state index in [1.165, 1.54) is 0 Å². The fraction of sp³-hybridized carbons (Fsp3) is 0.267. The summed E-state index contributed by atoms with van der Waals surface area (Å²) >= 11 is 3.56. The third-order valence-electron chi connectivity index (χ3n) is 3.61. The smallest absolute Gasteiger partial charge is 0.253 e. The van der Waals surface area contributed by atoms with Crippen LogP contribution in [-0.2, 0) is 5.41 Å². The molecule has 2 N–H and O–H groups in total. The summed E-state index contributed by atoms with van der Waals surface area (Å²) in [4.78, 5) is 15.6. The van der Waals surface area contributed by atoms with Crippen molar-refractivity contribution >= 4 is 21.8 Å². The summed E-state index contributed by atoms with van der Waals surface area (Å²) in [6.07, 6.45) is 0. The Morgan fingerprint density at radius 1 is 1.16 bits per heavy atom. The van der Waals surface area contributed by atoms with Gasteiger partial charge in [-0.15, -0.1) is 0 Å². The van der Waals surface area contributed by atoms with Crippen LogP contribution in [-0.4, -0.2) is 17.4 Å². The lowest BCUT2D eigenvalue weighted by molar-refractivity contribution is 0.0930. The Hall–Kier alpha value is -1.55. The Labute approximate surface area is 120 Å². The van der Waals surface area contributed by atoms with E-state index in [1.807, 2.05) is 30.3 Å². The Bertz CT molecular complexity index is 644. The molecule has 2 aromatic rings. The first-order valence-corrected chi connectivity index (χ1v) is 7.05. The highest BCUT2D eigenvalue weighted by Crippen LogP contribution is 2.40. The Balaban J connectivity index is 2.28. The number of aromatic nitrogens is 1. The monoisotopic (exact) mass is 318 g/mol. The molecule has 1 aliphatic heterocycles. The second kappa shape index (κ2) is 4.23. The van der Waals surface area contributed by atoms with Gasteiger partial charge in [-0.1, -0.05) is 44.2 Å². The third kappa shape index (κ3) is 1.91. The number of halogens is 1. The topological polar surface area (TPSA) is 44.9 Å². The average Bonchev–Trinajstić information content (AvgIpc) is 2.75. The summed E-state index contributed by atoms with van der Waals surface area (Å²) in [5.74, 6) is -0.00451. The molecule has 3 rings (SSSR count). The van der Waals surface area contributed by atoms with Crippen molar-refractivity contribution in [2.45, 2.75) is 19.3 Å². The number of benzene rings is 1. The van der Waals surface area contributed by atoms with Crippen LogP contribution in [0.5, 0.6) is 0 Å². The number of carbonyl (C=O) groups is 1. The normalized spacial score (nSPS) is 16.9. The van der Waals surface area contributed by atoms with Crippen LogP contribution in [0.1, 0.15) is 29.9 Å². The highest BCUT2D eigenvalue weighted by atomic mass is 79.9. The van der Waals surface area contributed by atoms with Gasteiger partial charge in [0.1, 0.15) is 0 Å². The van der Waals surface area contributed by atoms with Gasteiger partial charge < -0.3 is 10.3 Å². The predicted molar refractivity (Wildman–Crippen MR) is 79.3 cm³/mol. The summed E-state index contributed by atoms with van der Waals surface area (Å²) in [7, 11) is 0. The molecule has 1 aromatic carbocycles. The minimum absolute atomic E-state index is 0.00451. The SMILES string of the molecule is CC1(C)CNC(=O)c2c1[nH]c(Br)c2-c1ccccc1. The van der Waals surface area contributed by atoms with E-state index in [9.17, 15) is 4.79 Å². The zero-order chi connectivity index (χ0) is 13.6. The second-order valence-corrected chi connectivity index (χ2v) is 6.29. The number of carbonyl (C=O) groups excluding carboxylic acids is 1. The summed E-state index contributed by atoms with van der Waals surface area (Å²) in [5.41, 5.74) is 3.66. The lowest BCUT2D eigenvalue weighted by Gasteiger charge is -2.30. The van der Waals surface area contributed by atoms with Crippen LogP contribution in [0.3, 0.4) is 0 Å². The first-order chi connectivity index (χ1) is 9.00. The Morgan fingerprint density at radius 2 is 1.84 bits per heavy atom. The van der Waals surface area contributed by atoms with Gasteiger partial charge in [-0.3, -0.25) is 4.79 Å². The quantitative estimate of drug-likeness (QED) is 0.831. The number of hydrogen-bond acceptors (Lipinski definition) is 1. The van der Waals surface area contributed by atoms with Crippen LogP contribution in [0.4, 0.5) is 0 Å². The lowest BCUT2D eigenvalue weighted by Crippen LogP contribution is -2.43. The van der Waals surface area contributed by atoms with Crippen LogP contribution in [0.25, 0.3) is 11.1 Å². The van der Waals surface area contributed by atoms with Gasteiger partial charge in [0.15, 0.2) is 0 Å². The predicted octanol–water partition coefficient (Wildman–Crippen LogP) is 3.47. The van der Waals surface area contributed by atoms with Gasteiger partial charge in [-0.2, -0.15) is 0 Å². The van der Waals surface area contributed by atoms with Crippen molar-refractivity contribution in [2.75, 3.05) is 6.54 Å². The molecule has 0 saturated heterocycles. The molecule has 0 unspecified atom stereocenters. The maximum atomic E-state index is 12.2. The second-order valence-electron chi connectivity index (χ2n) is 5.50. The van der Waals surface area contributed by atoms with Gasteiger partial charge >= 0.3 is 0 Å². The van der Waals surface area contributed by atoms with Crippen LogP contribution < -0.4 is 5.32 Å². The minimum Gasteiger partial charge on any atom is -0.351 e. The molecule has 98 valence electrons. The van der Waals surface area contributed by atoms with Gasteiger partial charge in [0.05, 0.1) is 10.2 Å². The van der Waals surface area contributed by atoms with Crippen LogP contribution in [0.2, 0.25) is 0 Å². The van der Waals surface area contributed by atoms with Gasteiger partial charge in [-0.05, 0) is 21.5 Å². The Kier molecular flexibility index (Phi) is 2.78. The molecule has 4 heteroatoms. The van der Waals surface area contributed by atoms with Gasteiger partial charge in [0.2, 0.25) is 0 Å². The molecule has 3 nitrogen and oxygen atoms in total.